The van der Waals surface area contributed by atoms with Crippen LogP contribution in [0, 0.1) is 29.4 Å². The number of hydrogen-bond donors (Lipinski definition) is 0. The third-order valence-electron chi connectivity index (χ3n) is 8.13. The molecule has 0 unspecified atom stereocenters. The van der Waals surface area contributed by atoms with Gasteiger partial charge in [-0.15, -0.1) is 0 Å². The molecule has 1 aromatic rings. The average molecular weight is 375 g/mol. The summed E-state index contributed by atoms with van der Waals surface area (Å²) in [5.74, 6) is 1.82. The first-order chi connectivity index (χ1) is 13.1. The Morgan fingerprint density at radius 3 is 1.56 bits per heavy atom. The van der Waals surface area contributed by atoms with Crippen LogP contribution < -0.4 is 0 Å². The van der Waals surface area contributed by atoms with Gasteiger partial charge in [0, 0.05) is 0 Å². The van der Waals surface area contributed by atoms with Crippen LogP contribution in [0.1, 0.15) is 113 Å². The Balaban J connectivity index is 1.41. The normalized spacial score (nSPS) is 33.1. The first-order valence-electron chi connectivity index (χ1n) is 11.6. The summed E-state index contributed by atoms with van der Waals surface area (Å²) < 4.78 is 29.8. The fourth-order valence-electron chi connectivity index (χ4n) is 6.29. The zero-order valence-corrected chi connectivity index (χ0v) is 17.0. The predicted octanol–water partition coefficient (Wildman–Crippen LogP) is 8.11. The molecule has 1 aromatic carbocycles. The van der Waals surface area contributed by atoms with E-state index in [-0.39, 0.29) is 11.8 Å². The lowest BCUT2D eigenvalue weighted by Gasteiger charge is -2.36. The molecule has 27 heavy (non-hydrogen) atoms. The van der Waals surface area contributed by atoms with Crippen molar-refractivity contribution in [2.24, 2.45) is 17.8 Å². The summed E-state index contributed by atoms with van der Waals surface area (Å²) in [7, 11) is 0. The van der Waals surface area contributed by atoms with E-state index in [9.17, 15) is 8.78 Å². The number of halogens is 2. The lowest BCUT2D eigenvalue weighted by Crippen LogP contribution is -2.23. The van der Waals surface area contributed by atoms with Crippen molar-refractivity contribution in [3.8, 4) is 0 Å². The molecule has 0 aliphatic heterocycles. The summed E-state index contributed by atoms with van der Waals surface area (Å²) in [5, 5.41) is 0. The number of hydrogen-bond acceptors (Lipinski definition) is 0. The molecule has 3 fully saturated rings. The molecule has 0 atom stereocenters. The van der Waals surface area contributed by atoms with Gasteiger partial charge in [0.25, 0.3) is 0 Å². The van der Waals surface area contributed by atoms with Crippen LogP contribution in [0.2, 0.25) is 0 Å². The van der Waals surface area contributed by atoms with E-state index in [1.807, 2.05) is 12.1 Å². The van der Waals surface area contributed by atoms with Gasteiger partial charge in [0.05, 0.1) is 0 Å². The molecule has 0 aromatic heterocycles. The van der Waals surface area contributed by atoms with Crippen LogP contribution in [-0.2, 0) is 0 Å². The van der Waals surface area contributed by atoms with E-state index < -0.39 is 11.6 Å². The minimum absolute atomic E-state index is 0.215. The Kier molecular flexibility index (Phi) is 6.19. The quantitative estimate of drug-likeness (QED) is 0.501. The zero-order chi connectivity index (χ0) is 18.8. The van der Waals surface area contributed by atoms with Crippen molar-refractivity contribution in [3.63, 3.8) is 0 Å². The van der Waals surface area contributed by atoms with Crippen LogP contribution in [0.5, 0.6) is 0 Å². The lowest BCUT2D eigenvalue weighted by molar-refractivity contribution is 0.185. The molecule has 0 N–H and O–H groups in total. The smallest absolute Gasteiger partial charge is 0.162 e. The van der Waals surface area contributed by atoms with Crippen LogP contribution in [0.25, 0.3) is 0 Å². The van der Waals surface area contributed by atoms with Gasteiger partial charge in [0.2, 0.25) is 0 Å². The highest BCUT2D eigenvalue weighted by atomic mass is 19.2. The van der Waals surface area contributed by atoms with Crippen molar-refractivity contribution in [3.05, 3.63) is 34.9 Å². The first kappa shape index (κ1) is 19.4. The fourth-order valence-corrected chi connectivity index (χ4v) is 6.29. The Morgan fingerprint density at radius 2 is 1.04 bits per heavy atom. The van der Waals surface area contributed by atoms with E-state index in [1.165, 1.54) is 44.9 Å². The molecular formula is C25H36F2. The van der Waals surface area contributed by atoms with Crippen molar-refractivity contribution in [2.75, 3.05) is 0 Å². The monoisotopic (exact) mass is 374 g/mol. The third kappa shape index (κ3) is 4.25. The molecule has 2 heteroatoms. The van der Waals surface area contributed by atoms with Crippen molar-refractivity contribution in [1.82, 2.24) is 0 Å². The van der Waals surface area contributed by atoms with Crippen LogP contribution in [0.3, 0.4) is 0 Å². The highest BCUT2D eigenvalue weighted by molar-refractivity contribution is 5.32. The van der Waals surface area contributed by atoms with E-state index in [0.717, 1.165) is 56.3 Å². The van der Waals surface area contributed by atoms with Crippen LogP contribution in [-0.4, -0.2) is 0 Å². The van der Waals surface area contributed by atoms with E-state index in [4.69, 9.17) is 0 Å². The number of benzene rings is 1. The molecule has 0 spiro atoms. The minimum atomic E-state index is -0.540. The van der Waals surface area contributed by atoms with Gasteiger partial charge in [0.1, 0.15) is 0 Å². The number of rotatable bonds is 3. The fraction of sp³-hybridized carbons (Fsp3) is 0.760. The van der Waals surface area contributed by atoms with Gasteiger partial charge in [-0.25, -0.2) is 8.78 Å². The molecule has 150 valence electrons. The Morgan fingerprint density at radius 1 is 0.593 bits per heavy atom. The topological polar surface area (TPSA) is 0 Å². The molecule has 0 radical (unpaired) electrons. The van der Waals surface area contributed by atoms with Crippen LogP contribution >= 0.6 is 0 Å². The Bertz CT molecular complexity index is 615. The Hall–Kier alpha value is -0.920. The second-order valence-electron chi connectivity index (χ2n) is 9.84. The molecule has 0 bridgehead atoms. The maximum atomic E-state index is 15.0. The van der Waals surface area contributed by atoms with Crippen molar-refractivity contribution in [2.45, 2.75) is 102 Å². The molecule has 3 saturated carbocycles. The second-order valence-corrected chi connectivity index (χ2v) is 9.84. The Labute approximate surface area is 164 Å². The maximum Gasteiger partial charge on any atom is 0.162 e. The maximum absolute atomic E-state index is 15.0. The SMILES string of the molecule is CC1CCC(c2ccc(C3CCC(C4CCCCC4)CC3)c(F)c2F)CC1. The van der Waals surface area contributed by atoms with Gasteiger partial charge in [-0.3, -0.25) is 0 Å². The summed E-state index contributed by atoms with van der Waals surface area (Å²) in [5.41, 5.74) is 1.29. The van der Waals surface area contributed by atoms with Gasteiger partial charge in [-0.05, 0) is 79.2 Å². The largest absolute Gasteiger partial charge is 0.203 e. The molecule has 0 nitrogen and oxygen atoms in total. The molecule has 3 aliphatic carbocycles. The molecule has 0 saturated heterocycles. The van der Waals surface area contributed by atoms with Gasteiger partial charge in [-0.1, -0.05) is 64.0 Å². The summed E-state index contributed by atoms with van der Waals surface area (Å²) in [6, 6.07) is 3.85. The minimum Gasteiger partial charge on any atom is -0.203 e. The third-order valence-corrected chi connectivity index (χ3v) is 8.13. The van der Waals surface area contributed by atoms with E-state index in [0.29, 0.717) is 11.1 Å². The highest BCUT2D eigenvalue weighted by Gasteiger charge is 2.32. The van der Waals surface area contributed by atoms with Gasteiger partial charge >= 0.3 is 0 Å². The van der Waals surface area contributed by atoms with Crippen molar-refractivity contribution < 1.29 is 8.78 Å². The van der Waals surface area contributed by atoms with E-state index in [2.05, 4.69) is 6.92 Å². The molecule has 3 aliphatic rings. The van der Waals surface area contributed by atoms with Gasteiger partial charge in [-0.2, -0.15) is 0 Å². The molecule has 0 amide bonds. The predicted molar refractivity (Wildman–Crippen MR) is 108 cm³/mol. The molecule has 4 rings (SSSR count). The highest BCUT2D eigenvalue weighted by Crippen LogP contribution is 2.44. The van der Waals surface area contributed by atoms with Gasteiger partial charge < -0.3 is 0 Å². The van der Waals surface area contributed by atoms with Crippen LogP contribution in [0.15, 0.2) is 12.1 Å². The first-order valence-corrected chi connectivity index (χ1v) is 11.6. The summed E-state index contributed by atoms with van der Waals surface area (Å²) >= 11 is 0. The average Bonchev–Trinajstić information content (AvgIpc) is 2.72. The van der Waals surface area contributed by atoms with Gasteiger partial charge in [0.15, 0.2) is 11.6 Å². The lowest BCUT2D eigenvalue weighted by atomic mass is 9.69. The molecule has 0 heterocycles. The van der Waals surface area contributed by atoms with E-state index >= 15 is 0 Å². The van der Waals surface area contributed by atoms with Crippen molar-refractivity contribution >= 4 is 0 Å². The van der Waals surface area contributed by atoms with Crippen molar-refractivity contribution in [1.29, 1.82) is 0 Å². The molecular weight excluding hydrogens is 338 g/mol. The second kappa shape index (κ2) is 8.62. The summed E-state index contributed by atoms with van der Waals surface area (Å²) in [4.78, 5) is 0. The summed E-state index contributed by atoms with van der Waals surface area (Å²) in [6.45, 7) is 2.26. The van der Waals surface area contributed by atoms with Crippen LogP contribution in [0.4, 0.5) is 8.78 Å². The van der Waals surface area contributed by atoms with E-state index in [1.54, 1.807) is 0 Å². The summed E-state index contributed by atoms with van der Waals surface area (Å²) in [6.07, 6.45) is 15.8. The standard InChI is InChI=1S/C25H36F2/c1-17-7-9-20(10-8-17)22-15-16-23(25(27)24(22)26)21-13-11-19(12-14-21)18-5-3-2-4-6-18/h15-21H,2-14H2,1H3. The zero-order valence-electron chi connectivity index (χ0n) is 17.0.